The SMILES string of the molecule is O=C(N/N=C\c1ccccc1Cl)C(=O)Nc1ccccc1Cl. The highest BCUT2D eigenvalue weighted by Crippen LogP contribution is 2.20. The summed E-state index contributed by atoms with van der Waals surface area (Å²) < 4.78 is 0. The third-order valence-corrected chi connectivity index (χ3v) is 3.28. The van der Waals surface area contributed by atoms with Gasteiger partial charge in [-0.3, -0.25) is 9.59 Å². The zero-order valence-electron chi connectivity index (χ0n) is 11.2. The molecule has 7 heteroatoms. The molecule has 22 heavy (non-hydrogen) atoms. The van der Waals surface area contributed by atoms with E-state index in [1.165, 1.54) is 6.21 Å². The topological polar surface area (TPSA) is 70.6 Å². The van der Waals surface area contributed by atoms with Crippen LogP contribution in [0.15, 0.2) is 53.6 Å². The Morgan fingerprint density at radius 1 is 0.909 bits per heavy atom. The fourth-order valence-electron chi connectivity index (χ4n) is 1.53. The number of hydrogen-bond donors (Lipinski definition) is 2. The summed E-state index contributed by atoms with van der Waals surface area (Å²) in [6.45, 7) is 0. The lowest BCUT2D eigenvalue weighted by Gasteiger charge is -2.05. The van der Waals surface area contributed by atoms with Gasteiger partial charge in [-0.05, 0) is 18.2 Å². The Bertz CT molecular complexity index is 732. The van der Waals surface area contributed by atoms with E-state index in [1.807, 2.05) is 0 Å². The second-order valence-corrected chi connectivity index (χ2v) is 4.97. The first-order valence-corrected chi connectivity index (χ1v) is 6.97. The van der Waals surface area contributed by atoms with Gasteiger partial charge < -0.3 is 5.32 Å². The molecule has 5 nitrogen and oxygen atoms in total. The third kappa shape index (κ3) is 4.31. The Hall–Kier alpha value is -2.37. The number of para-hydroxylation sites is 1. The Labute approximate surface area is 136 Å². The molecule has 112 valence electrons. The van der Waals surface area contributed by atoms with E-state index in [0.717, 1.165) is 0 Å². The van der Waals surface area contributed by atoms with Gasteiger partial charge in [-0.15, -0.1) is 0 Å². The van der Waals surface area contributed by atoms with Crippen LogP contribution in [0.4, 0.5) is 5.69 Å². The zero-order valence-corrected chi connectivity index (χ0v) is 12.7. The van der Waals surface area contributed by atoms with Gasteiger partial charge in [0.2, 0.25) is 0 Å². The van der Waals surface area contributed by atoms with Crippen LogP contribution in [0.25, 0.3) is 0 Å². The van der Waals surface area contributed by atoms with E-state index >= 15 is 0 Å². The molecule has 0 unspecified atom stereocenters. The Morgan fingerprint density at radius 2 is 1.55 bits per heavy atom. The van der Waals surface area contributed by atoms with Crippen molar-refractivity contribution in [3.63, 3.8) is 0 Å². The molecular weight excluding hydrogens is 325 g/mol. The summed E-state index contributed by atoms with van der Waals surface area (Å²) in [7, 11) is 0. The van der Waals surface area contributed by atoms with Gasteiger partial charge in [0.25, 0.3) is 0 Å². The van der Waals surface area contributed by atoms with Gasteiger partial charge in [-0.1, -0.05) is 53.5 Å². The number of carbonyl (C=O) groups excluding carboxylic acids is 2. The molecule has 2 rings (SSSR count). The van der Waals surface area contributed by atoms with Crippen molar-refractivity contribution in [3.05, 3.63) is 64.1 Å². The van der Waals surface area contributed by atoms with Crippen LogP contribution in [0.1, 0.15) is 5.56 Å². The highest BCUT2D eigenvalue weighted by molar-refractivity contribution is 6.41. The predicted molar refractivity (Wildman–Crippen MR) is 87.3 cm³/mol. The van der Waals surface area contributed by atoms with Crippen molar-refractivity contribution >= 4 is 46.9 Å². The highest BCUT2D eigenvalue weighted by Gasteiger charge is 2.14. The van der Waals surface area contributed by atoms with Gasteiger partial charge in [0.05, 0.1) is 16.9 Å². The minimum atomic E-state index is -0.914. The number of rotatable bonds is 3. The Morgan fingerprint density at radius 3 is 2.23 bits per heavy atom. The molecule has 0 spiro atoms. The second-order valence-electron chi connectivity index (χ2n) is 4.15. The quantitative estimate of drug-likeness (QED) is 0.514. The summed E-state index contributed by atoms with van der Waals surface area (Å²) in [5.74, 6) is -1.78. The van der Waals surface area contributed by atoms with Crippen LogP contribution in [0.2, 0.25) is 10.0 Å². The summed E-state index contributed by atoms with van der Waals surface area (Å²) in [4.78, 5) is 23.3. The number of anilines is 1. The molecule has 0 radical (unpaired) electrons. The van der Waals surface area contributed by atoms with Crippen LogP contribution in [0, 0.1) is 0 Å². The first-order valence-electron chi connectivity index (χ1n) is 6.21. The van der Waals surface area contributed by atoms with Crippen LogP contribution in [0.3, 0.4) is 0 Å². The normalized spacial score (nSPS) is 10.5. The van der Waals surface area contributed by atoms with Gasteiger partial charge in [-0.25, -0.2) is 5.43 Å². The summed E-state index contributed by atoms with van der Waals surface area (Å²) in [5, 5.41) is 6.90. The fourth-order valence-corrected chi connectivity index (χ4v) is 1.90. The number of nitrogens with one attached hydrogen (secondary N) is 2. The number of amides is 2. The van der Waals surface area contributed by atoms with E-state index in [-0.39, 0.29) is 0 Å². The second kappa shape index (κ2) is 7.59. The molecule has 0 saturated heterocycles. The molecule has 0 aromatic heterocycles. The third-order valence-electron chi connectivity index (χ3n) is 2.60. The van der Waals surface area contributed by atoms with Crippen molar-refractivity contribution in [2.45, 2.75) is 0 Å². The Balaban J connectivity index is 1.94. The van der Waals surface area contributed by atoms with E-state index in [4.69, 9.17) is 23.2 Å². The van der Waals surface area contributed by atoms with Gasteiger partial charge >= 0.3 is 11.8 Å². The van der Waals surface area contributed by atoms with Crippen molar-refractivity contribution in [2.75, 3.05) is 5.32 Å². The Kier molecular flexibility index (Phi) is 5.52. The van der Waals surface area contributed by atoms with Crippen molar-refractivity contribution in [3.8, 4) is 0 Å². The van der Waals surface area contributed by atoms with E-state index < -0.39 is 11.8 Å². The molecule has 2 N–H and O–H groups in total. The highest BCUT2D eigenvalue weighted by atomic mass is 35.5. The summed E-state index contributed by atoms with van der Waals surface area (Å²) in [6.07, 6.45) is 1.35. The van der Waals surface area contributed by atoms with Crippen LogP contribution in [-0.2, 0) is 9.59 Å². The van der Waals surface area contributed by atoms with Crippen LogP contribution in [-0.4, -0.2) is 18.0 Å². The molecular formula is C15H11Cl2N3O2. The van der Waals surface area contributed by atoms with Crippen LogP contribution in [0.5, 0.6) is 0 Å². The summed E-state index contributed by atoms with van der Waals surface area (Å²) in [6, 6.07) is 13.6. The number of nitrogens with zero attached hydrogens (tertiary/aromatic N) is 1. The first kappa shape index (κ1) is 16.0. The van der Waals surface area contributed by atoms with E-state index in [0.29, 0.717) is 21.3 Å². The molecule has 0 bridgehead atoms. The maximum absolute atomic E-state index is 11.7. The molecule has 0 fully saturated rings. The summed E-state index contributed by atoms with van der Waals surface area (Å²) in [5.41, 5.74) is 3.08. The van der Waals surface area contributed by atoms with Crippen molar-refractivity contribution in [2.24, 2.45) is 5.10 Å². The first-order chi connectivity index (χ1) is 10.6. The number of carbonyl (C=O) groups is 2. The molecule has 2 aromatic carbocycles. The minimum absolute atomic E-state index is 0.336. The lowest BCUT2D eigenvalue weighted by molar-refractivity contribution is -0.136. The number of benzene rings is 2. The number of hydrogen-bond acceptors (Lipinski definition) is 3. The molecule has 0 atom stereocenters. The maximum atomic E-state index is 11.7. The van der Waals surface area contributed by atoms with Crippen molar-refractivity contribution in [1.29, 1.82) is 0 Å². The van der Waals surface area contributed by atoms with Gasteiger partial charge in [0, 0.05) is 10.6 Å². The maximum Gasteiger partial charge on any atom is 0.329 e. The minimum Gasteiger partial charge on any atom is -0.316 e. The summed E-state index contributed by atoms with van der Waals surface area (Å²) >= 11 is 11.8. The zero-order chi connectivity index (χ0) is 15.9. The van der Waals surface area contributed by atoms with Gasteiger partial charge in [0.1, 0.15) is 0 Å². The van der Waals surface area contributed by atoms with Gasteiger partial charge in [0.15, 0.2) is 0 Å². The monoisotopic (exact) mass is 335 g/mol. The standard InChI is InChI=1S/C15H11Cl2N3O2/c16-11-6-2-1-5-10(11)9-18-20-15(22)14(21)19-13-8-4-3-7-12(13)17/h1-9H,(H,19,21)(H,20,22)/b18-9-. The number of hydrazone groups is 1. The van der Waals surface area contributed by atoms with E-state index in [9.17, 15) is 9.59 Å². The molecule has 2 amide bonds. The lowest BCUT2D eigenvalue weighted by Crippen LogP contribution is -2.32. The van der Waals surface area contributed by atoms with E-state index in [2.05, 4.69) is 15.8 Å². The van der Waals surface area contributed by atoms with Crippen LogP contribution >= 0.6 is 23.2 Å². The largest absolute Gasteiger partial charge is 0.329 e. The average molecular weight is 336 g/mol. The molecule has 0 aliphatic carbocycles. The molecule has 0 aliphatic heterocycles. The molecule has 0 heterocycles. The average Bonchev–Trinajstić information content (AvgIpc) is 2.51. The van der Waals surface area contributed by atoms with E-state index in [1.54, 1.807) is 48.5 Å². The van der Waals surface area contributed by atoms with Crippen molar-refractivity contribution < 1.29 is 9.59 Å². The van der Waals surface area contributed by atoms with Crippen LogP contribution < -0.4 is 10.7 Å². The fraction of sp³-hybridized carbons (Fsp3) is 0. The number of halogens is 2. The molecule has 0 saturated carbocycles. The molecule has 2 aromatic rings. The van der Waals surface area contributed by atoms with Gasteiger partial charge in [-0.2, -0.15) is 5.10 Å². The predicted octanol–water partition coefficient (Wildman–Crippen LogP) is 3.08. The lowest BCUT2D eigenvalue weighted by atomic mass is 10.2. The molecule has 0 aliphatic rings. The smallest absolute Gasteiger partial charge is 0.316 e. The van der Waals surface area contributed by atoms with Crippen molar-refractivity contribution in [1.82, 2.24) is 5.43 Å².